The molecular formula is C29H33NO3. The van der Waals surface area contributed by atoms with Crippen LogP contribution in [-0.4, -0.2) is 23.6 Å². The van der Waals surface area contributed by atoms with Crippen LogP contribution in [0.1, 0.15) is 77.2 Å². The van der Waals surface area contributed by atoms with Crippen LogP contribution in [0.15, 0.2) is 58.7 Å². The second-order valence-electron chi connectivity index (χ2n) is 10.8. The molecular weight excluding hydrogens is 410 g/mol. The molecule has 0 spiro atoms. The SMILES string of the molecule is CC1=NC2=C(C(=O)CC(C)(C)C2)[C@H](c2cccc3ccccc23)C1C(=O)OC1CCCCC1. The number of hydrogen-bond acceptors (Lipinski definition) is 4. The summed E-state index contributed by atoms with van der Waals surface area (Å²) in [4.78, 5) is 32.1. The Hall–Kier alpha value is -2.75. The molecule has 4 heteroatoms. The Bertz CT molecular complexity index is 1160. The molecule has 2 aliphatic carbocycles. The molecule has 2 atom stereocenters. The van der Waals surface area contributed by atoms with Gasteiger partial charge >= 0.3 is 5.97 Å². The van der Waals surface area contributed by atoms with Crippen molar-refractivity contribution in [2.24, 2.45) is 16.3 Å². The first-order valence-electron chi connectivity index (χ1n) is 12.3. The Morgan fingerprint density at radius 2 is 1.73 bits per heavy atom. The summed E-state index contributed by atoms with van der Waals surface area (Å²) in [5.41, 5.74) is 3.24. The summed E-state index contributed by atoms with van der Waals surface area (Å²) in [7, 11) is 0. The number of hydrogen-bond donors (Lipinski definition) is 0. The summed E-state index contributed by atoms with van der Waals surface area (Å²) in [6.07, 6.45) is 6.46. The molecule has 33 heavy (non-hydrogen) atoms. The number of aliphatic imine (C=N–C) groups is 1. The summed E-state index contributed by atoms with van der Waals surface area (Å²) in [6.45, 7) is 6.17. The second kappa shape index (κ2) is 8.55. The summed E-state index contributed by atoms with van der Waals surface area (Å²) < 4.78 is 6.07. The number of Topliss-reactive ketones (excluding diaryl/α,β-unsaturated/α-hetero) is 1. The molecule has 5 rings (SSSR count). The van der Waals surface area contributed by atoms with Gasteiger partial charge in [-0.15, -0.1) is 0 Å². The second-order valence-corrected chi connectivity index (χ2v) is 10.8. The van der Waals surface area contributed by atoms with Gasteiger partial charge < -0.3 is 4.74 Å². The fourth-order valence-corrected chi connectivity index (χ4v) is 6.03. The molecule has 2 aromatic rings. The molecule has 0 saturated heterocycles. The Balaban J connectivity index is 1.64. The van der Waals surface area contributed by atoms with E-state index >= 15 is 0 Å². The van der Waals surface area contributed by atoms with Gasteiger partial charge in [-0.3, -0.25) is 14.6 Å². The van der Waals surface area contributed by atoms with Crippen LogP contribution in [0.3, 0.4) is 0 Å². The molecule has 1 saturated carbocycles. The van der Waals surface area contributed by atoms with E-state index in [0.717, 1.165) is 65.4 Å². The molecule has 2 aromatic carbocycles. The molecule has 1 heterocycles. The van der Waals surface area contributed by atoms with Crippen molar-refractivity contribution in [3.63, 3.8) is 0 Å². The average Bonchev–Trinajstić information content (AvgIpc) is 2.77. The highest BCUT2D eigenvalue weighted by atomic mass is 16.5. The molecule has 0 N–H and O–H groups in total. The van der Waals surface area contributed by atoms with Gasteiger partial charge in [0.2, 0.25) is 0 Å². The maximum atomic E-state index is 13.7. The Morgan fingerprint density at radius 1 is 1.00 bits per heavy atom. The number of rotatable bonds is 3. The number of esters is 1. The van der Waals surface area contributed by atoms with Crippen molar-refractivity contribution in [1.82, 2.24) is 0 Å². The van der Waals surface area contributed by atoms with E-state index in [9.17, 15) is 9.59 Å². The predicted molar refractivity (Wildman–Crippen MR) is 131 cm³/mol. The number of nitrogens with zero attached hydrogens (tertiary/aromatic N) is 1. The summed E-state index contributed by atoms with van der Waals surface area (Å²) in [5.74, 6) is -1.04. The van der Waals surface area contributed by atoms with Crippen molar-refractivity contribution in [3.8, 4) is 0 Å². The van der Waals surface area contributed by atoms with Crippen LogP contribution in [0, 0.1) is 11.3 Å². The maximum absolute atomic E-state index is 13.7. The van der Waals surface area contributed by atoms with E-state index < -0.39 is 5.92 Å². The minimum absolute atomic E-state index is 0.0245. The molecule has 0 amide bonds. The van der Waals surface area contributed by atoms with Crippen LogP contribution in [0.2, 0.25) is 0 Å². The van der Waals surface area contributed by atoms with Gasteiger partial charge in [0.15, 0.2) is 5.78 Å². The van der Waals surface area contributed by atoms with Crippen molar-refractivity contribution in [3.05, 3.63) is 59.3 Å². The lowest BCUT2D eigenvalue weighted by atomic mass is 9.66. The molecule has 172 valence electrons. The van der Waals surface area contributed by atoms with Crippen LogP contribution in [-0.2, 0) is 14.3 Å². The smallest absolute Gasteiger partial charge is 0.315 e. The van der Waals surface area contributed by atoms with Gasteiger partial charge in [0.05, 0.1) is 0 Å². The molecule has 4 nitrogen and oxygen atoms in total. The van der Waals surface area contributed by atoms with Crippen LogP contribution >= 0.6 is 0 Å². The first kappa shape index (κ1) is 22.1. The van der Waals surface area contributed by atoms with Crippen molar-refractivity contribution < 1.29 is 14.3 Å². The lowest BCUT2D eigenvalue weighted by Gasteiger charge is -2.39. The van der Waals surface area contributed by atoms with E-state index in [1.54, 1.807) is 0 Å². The maximum Gasteiger partial charge on any atom is 0.315 e. The Labute approximate surface area is 196 Å². The number of ether oxygens (including phenoxy) is 1. The van der Waals surface area contributed by atoms with E-state index in [1.807, 2.05) is 25.1 Å². The number of carbonyl (C=O) groups is 2. The van der Waals surface area contributed by atoms with Crippen molar-refractivity contribution in [2.75, 3.05) is 0 Å². The Kier molecular flexibility index (Phi) is 5.72. The van der Waals surface area contributed by atoms with Crippen molar-refractivity contribution in [1.29, 1.82) is 0 Å². The zero-order valence-corrected chi connectivity index (χ0v) is 19.9. The minimum atomic E-state index is -0.568. The number of benzene rings is 2. The summed E-state index contributed by atoms with van der Waals surface area (Å²) in [6, 6.07) is 14.4. The zero-order valence-electron chi connectivity index (χ0n) is 19.9. The van der Waals surface area contributed by atoms with Crippen molar-refractivity contribution >= 4 is 28.2 Å². The molecule has 1 aliphatic heterocycles. The molecule has 0 radical (unpaired) electrons. The van der Waals surface area contributed by atoms with Gasteiger partial charge in [0.25, 0.3) is 0 Å². The molecule has 0 bridgehead atoms. The standard InChI is InChI=1S/C29H33NO3/c1-18-25(28(32)33-20-12-5-4-6-13-20)26(22-15-9-11-19-10-7-8-14-21(19)22)27-23(30-18)16-29(2,3)17-24(27)31/h7-11,14-15,20,25-26H,4-6,12-13,16-17H2,1-3H3/t25?,26-/m1/s1. The highest BCUT2D eigenvalue weighted by molar-refractivity contribution is 6.10. The van der Waals surface area contributed by atoms with Crippen LogP contribution in [0.4, 0.5) is 0 Å². The molecule has 3 aliphatic rings. The van der Waals surface area contributed by atoms with Crippen LogP contribution in [0.25, 0.3) is 10.8 Å². The quantitative estimate of drug-likeness (QED) is 0.507. The van der Waals surface area contributed by atoms with Gasteiger partial charge in [0, 0.05) is 29.3 Å². The third kappa shape index (κ3) is 4.16. The first-order chi connectivity index (χ1) is 15.8. The largest absolute Gasteiger partial charge is 0.462 e. The number of carbonyl (C=O) groups excluding carboxylic acids is 2. The van der Waals surface area contributed by atoms with Gasteiger partial charge in [-0.2, -0.15) is 0 Å². The van der Waals surface area contributed by atoms with Gasteiger partial charge in [-0.05, 0) is 60.8 Å². The van der Waals surface area contributed by atoms with Gasteiger partial charge in [0.1, 0.15) is 12.0 Å². The lowest BCUT2D eigenvalue weighted by molar-refractivity contribution is -0.153. The lowest BCUT2D eigenvalue weighted by Crippen LogP contribution is -2.40. The molecule has 1 fully saturated rings. The van der Waals surface area contributed by atoms with Crippen LogP contribution < -0.4 is 0 Å². The fraction of sp³-hybridized carbons (Fsp3) is 0.483. The van der Waals surface area contributed by atoms with Crippen LogP contribution in [0.5, 0.6) is 0 Å². The van der Waals surface area contributed by atoms with E-state index in [-0.39, 0.29) is 29.2 Å². The normalized spacial score (nSPS) is 25.5. The topological polar surface area (TPSA) is 55.7 Å². The van der Waals surface area contributed by atoms with Crippen molar-refractivity contribution in [2.45, 2.75) is 77.7 Å². The number of allylic oxidation sites excluding steroid dienone is 2. The van der Waals surface area contributed by atoms with Gasteiger partial charge in [-0.1, -0.05) is 62.7 Å². The van der Waals surface area contributed by atoms with E-state index in [0.29, 0.717) is 6.42 Å². The van der Waals surface area contributed by atoms with E-state index in [2.05, 4.69) is 38.1 Å². The van der Waals surface area contributed by atoms with E-state index in [4.69, 9.17) is 9.73 Å². The zero-order chi connectivity index (χ0) is 23.2. The third-order valence-corrected chi connectivity index (χ3v) is 7.55. The number of fused-ring (bicyclic) bond motifs is 1. The molecule has 1 unspecified atom stereocenters. The summed E-state index contributed by atoms with van der Waals surface area (Å²) in [5, 5.41) is 2.19. The first-order valence-corrected chi connectivity index (χ1v) is 12.3. The highest BCUT2D eigenvalue weighted by Crippen LogP contribution is 2.49. The third-order valence-electron chi connectivity index (χ3n) is 7.55. The number of ketones is 1. The minimum Gasteiger partial charge on any atom is -0.462 e. The fourth-order valence-electron chi connectivity index (χ4n) is 6.03. The average molecular weight is 444 g/mol. The molecule has 0 aromatic heterocycles. The van der Waals surface area contributed by atoms with Gasteiger partial charge in [-0.25, -0.2) is 0 Å². The predicted octanol–water partition coefficient (Wildman–Crippen LogP) is 6.53. The Morgan fingerprint density at radius 3 is 2.52 bits per heavy atom. The monoisotopic (exact) mass is 443 g/mol. The highest BCUT2D eigenvalue weighted by Gasteiger charge is 2.46. The summed E-state index contributed by atoms with van der Waals surface area (Å²) >= 11 is 0. The van der Waals surface area contributed by atoms with E-state index in [1.165, 1.54) is 6.42 Å².